The number of nitrogens with zero attached hydrogens (tertiary/aromatic N) is 1. The standard InChI is InChI=1S/C19H25N3O2/c1-22(2)13-16-10-8-15(9-11-16)12-20-19(24)21-18(14-23)17-6-4-3-5-7-17/h3-11,18,23H,12-14H2,1-2H3,(H2,20,21,24). The van der Waals surface area contributed by atoms with Crippen LogP contribution in [0.3, 0.4) is 0 Å². The van der Waals surface area contributed by atoms with Crippen molar-refractivity contribution in [3.63, 3.8) is 0 Å². The summed E-state index contributed by atoms with van der Waals surface area (Å²) in [5.41, 5.74) is 3.15. The molecule has 0 heterocycles. The van der Waals surface area contributed by atoms with Crippen molar-refractivity contribution in [1.82, 2.24) is 15.5 Å². The smallest absolute Gasteiger partial charge is 0.315 e. The van der Waals surface area contributed by atoms with Gasteiger partial charge in [-0.1, -0.05) is 54.6 Å². The molecule has 2 aromatic carbocycles. The molecule has 1 atom stereocenters. The van der Waals surface area contributed by atoms with Gasteiger partial charge in [0.05, 0.1) is 12.6 Å². The maximum Gasteiger partial charge on any atom is 0.315 e. The molecule has 0 spiro atoms. The molecule has 0 radical (unpaired) electrons. The Labute approximate surface area is 143 Å². The van der Waals surface area contributed by atoms with E-state index in [2.05, 4.69) is 27.7 Å². The van der Waals surface area contributed by atoms with Crippen LogP contribution in [0.15, 0.2) is 54.6 Å². The number of benzene rings is 2. The van der Waals surface area contributed by atoms with Gasteiger partial charge in [-0.3, -0.25) is 0 Å². The molecule has 2 aromatic rings. The van der Waals surface area contributed by atoms with Crippen molar-refractivity contribution in [3.8, 4) is 0 Å². The molecule has 2 rings (SSSR count). The Balaban J connectivity index is 1.84. The second-order valence-corrected chi connectivity index (χ2v) is 6.03. The number of nitrogens with one attached hydrogen (secondary N) is 2. The molecule has 128 valence electrons. The summed E-state index contributed by atoms with van der Waals surface area (Å²) in [6.45, 7) is 1.20. The van der Waals surface area contributed by atoms with Gasteiger partial charge in [0.25, 0.3) is 0 Å². The quantitative estimate of drug-likeness (QED) is 0.731. The van der Waals surface area contributed by atoms with E-state index in [4.69, 9.17) is 0 Å². The molecule has 0 aliphatic heterocycles. The van der Waals surface area contributed by atoms with Crippen molar-refractivity contribution in [3.05, 3.63) is 71.3 Å². The van der Waals surface area contributed by atoms with E-state index < -0.39 is 6.04 Å². The van der Waals surface area contributed by atoms with Crippen LogP contribution in [0, 0.1) is 0 Å². The van der Waals surface area contributed by atoms with Crippen molar-refractivity contribution in [2.75, 3.05) is 20.7 Å². The van der Waals surface area contributed by atoms with E-state index >= 15 is 0 Å². The molecule has 0 saturated carbocycles. The fraction of sp³-hybridized carbons (Fsp3) is 0.316. The van der Waals surface area contributed by atoms with E-state index in [1.165, 1.54) is 5.56 Å². The molecule has 2 amide bonds. The first kappa shape index (κ1) is 18.0. The Morgan fingerprint density at radius 2 is 1.67 bits per heavy atom. The minimum absolute atomic E-state index is 0.142. The van der Waals surface area contributed by atoms with Crippen molar-refractivity contribution in [2.24, 2.45) is 0 Å². The zero-order valence-corrected chi connectivity index (χ0v) is 14.2. The third-order valence-corrected chi connectivity index (χ3v) is 3.66. The van der Waals surface area contributed by atoms with Crippen LogP contribution in [-0.4, -0.2) is 36.7 Å². The summed E-state index contributed by atoms with van der Waals surface area (Å²) in [6.07, 6.45) is 0. The highest BCUT2D eigenvalue weighted by atomic mass is 16.3. The molecule has 0 saturated heterocycles. The first-order valence-electron chi connectivity index (χ1n) is 8.01. The Kier molecular flexibility index (Phi) is 6.78. The second-order valence-electron chi connectivity index (χ2n) is 6.03. The highest BCUT2D eigenvalue weighted by molar-refractivity contribution is 5.74. The minimum atomic E-state index is -0.409. The minimum Gasteiger partial charge on any atom is -0.394 e. The Morgan fingerprint density at radius 3 is 2.25 bits per heavy atom. The lowest BCUT2D eigenvalue weighted by Crippen LogP contribution is -2.38. The van der Waals surface area contributed by atoms with Gasteiger partial charge in [-0.2, -0.15) is 0 Å². The van der Waals surface area contributed by atoms with Crippen LogP contribution in [0.5, 0.6) is 0 Å². The molecule has 0 aromatic heterocycles. The number of rotatable bonds is 7. The molecule has 5 heteroatoms. The molecule has 0 fully saturated rings. The van der Waals surface area contributed by atoms with E-state index in [-0.39, 0.29) is 12.6 Å². The first-order valence-corrected chi connectivity index (χ1v) is 8.01. The molecular weight excluding hydrogens is 302 g/mol. The lowest BCUT2D eigenvalue weighted by atomic mass is 10.1. The molecule has 0 aliphatic rings. The molecular formula is C19H25N3O2. The Hall–Kier alpha value is -2.37. The monoisotopic (exact) mass is 327 g/mol. The van der Waals surface area contributed by atoms with Gasteiger partial charge in [-0.25, -0.2) is 4.79 Å². The fourth-order valence-electron chi connectivity index (χ4n) is 2.44. The first-order chi connectivity index (χ1) is 11.6. The summed E-state index contributed by atoms with van der Waals surface area (Å²) < 4.78 is 0. The van der Waals surface area contributed by atoms with Crippen LogP contribution >= 0.6 is 0 Å². The molecule has 1 unspecified atom stereocenters. The number of hydrogen-bond acceptors (Lipinski definition) is 3. The third-order valence-electron chi connectivity index (χ3n) is 3.66. The van der Waals surface area contributed by atoms with E-state index in [9.17, 15) is 9.90 Å². The highest BCUT2D eigenvalue weighted by Gasteiger charge is 2.12. The molecule has 24 heavy (non-hydrogen) atoms. The number of hydrogen-bond donors (Lipinski definition) is 3. The average Bonchev–Trinajstić information content (AvgIpc) is 2.59. The average molecular weight is 327 g/mol. The van der Waals surface area contributed by atoms with Crippen LogP contribution in [0.2, 0.25) is 0 Å². The Morgan fingerprint density at radius 1 is 1.04 bits per heavy atom. The van der Waals surface area contributed by atoms with Crippen LogP contribution in [0.4, 0.5) is 4.79 Å². The second kappa shape index (κ2) is 9.05. The summed E-state index contributed by atoms with van der Waals surface area (Å²) in [7, 11) is 4.06. The van der Waals surface area contributed by atoms with Gasteiger partial charge < -0.3 is 20.6 Å². The number of urea groups is 1. The van der Waals surface area contributed by atoms with Gasteiger partial charge in [-0.15, -0.1) is 0 Å². The number of carbonyl (C=O) groups excluding carboxylic acids is 1. The topological polar surface area (TPSA) is 64.6 Å². The molecule has 3 N–H and O–H groups in total. The van der Waals surface area contributed by atoms with Crippen molar-refractivity contribution < 1.29 is 9.90 Å². The van der Waals surface area contributed by atoms with E-state index in [0.717, 1.165) is 17.7 Å². The SMILES string of the molecule is CN(C)Cc1ccc(CNC(=O)NC(CO)c2ccccc2)cc1. The van der Waals surface area contributed by atoms with Crippen LogP contribution < -0.4 is 10.6 Å². The van der Waals surface area contributed by atoms with Gasteiger partial charge in [0.2, 0.25) is 0 Å². The largest absolute Gasteiger partial charge is 0.394 e. The predicted molar refractivity (Wildman–Crippen MR) is 95.5 cm³/mol. The highest BCUT2D eigenvalue weighted by Crippen LogP contribution is 2.11. The van der Waals surface area contributed by atoms with Crippen LogP contribution in [0.25, 0.3) is 0 Å². The summed E-state index contributed by atoms with van der Waals surface area (Å²) in [5, 5.41) is 15.1. The summed E-state index contributed by atoms with van der Waals surface area (Å²) in [5.74, 6) is 0. The predicted octanol–water partition coefficient (Wildman–Crippen LogP) is 2.28. The zero-order valence-electron chi connectivity index (χ0n) is 14.2. The number of aliphatic hydroxyl groups excluding tert-OH is 1. The third kappa shape index (κ3) is 5.68. The molecule has 0 bridgehead atoms. The lowest BCUT2D eigenvalue weighted by Gasteiger charge is -2.17. The number of amides is 2. The van der Waals surface area contributed by atoms with E-state index in [0.29, 0.717) is 6.54 Å². The summed E-state index contributed by atoms with van der Waals surface area (Å²) in [4.78, 5) is 14.1. The van der Waals surface area contributed by atoms with Crippen LogP contribution in [-0.2, 0) is 13.1 Å². The lowest BCUT2D eigenvalue weighted by molar-refractivity contribution is 0.216. The van der Waals surface area contributed by atoms with Gasteiger partial charge in [0, 0.05) is 13.1 Å². The summed E-state index contributed by atoms with van der Waals surface area (Å²) >= 11 is 0. The Bertz CT molecular complexity index is 627. The van der Waals surface area contributed by atoms with Crippen molar-refractivity contribution in [1.29, 1.82) is 0 Å². The number of carbonyl (C=O) groups is 1. The van der Waals surface area contributed by atoms with E-state index in [1.807, 2.05) is 56.6 Å². The van der Waals surface area contributed by atoms with E-state index in [1.54, 1.807) is 0 Å². The summed E-state index contributed by atoms with van der Waals surface area (Å²) in [6, 6.07) is 16.9. The molecule has 5 nitrogen and oxygen atoms in total. The maximum atomic E-state index is 12.0. The van der Waals surface area contributed by atoms with Gasteiger partial charge in [0.1, 0.15) is 0 Å². The van der Waals surface area contributed by atoms with Gasteiger partial charge in [-0.05, 0) is 30.8 Å². The van der Waals surface area contributed by atoms with Crippen molar-refractivity contribution in [2.45, 2.75) is 19.1 Å². The number of aliphatic hydroxyl groups is 1. The zero-order chi connectivity index (χ0) is 17.4. The maximum absolute atomic E-state index is 12.0. The van der Waals surface area contributed by atoms with Crippen molar-refractivity contribution >= 4 is 6.03 Å². The molecule has 0 aliphatic carbocycles. The van der Waals surface area contributed by atoms with Gasteiger partial charge in [0.15, 0.2) is 0 Å². The van der Waals surface area contributed by atoms with Gasteiger partial charge >= 0.3 is 6.03 Å². The van der Waals surface area contributed by atoms with Crippen LogP contribution in [0.1, 0.15) is 22.7 Å². The fourth-order valence-corrected chi connectivity index (χ4v) is 2.44. The normalized spacial score (nSPS) is 12.0.